The molecule has 1 saturated carbocycles. The molecule has 2 nitrogen and oxygen atoms in total. The third-order valence-electron chi connectivity index (χ3n) is 4.68. The van der Waals surface area contributed by atoms with Gasteiger partial charge in [-0.3, -0.25) is 9.59 Å². The van der Waals surface area contributed by atoms with Gasteiger partial charge >= 0.3 is 0 Å². The second-order valence-corrected chi connectivity index (χ2v) is 6.08. The number of aryl methyl sites for hydroxylation is 2. The number of hydrogen-bond donors (Lipinski definition) is 0. The lowest BCUT2D eigenvalue weighted by Crippen LogP contribution is -2.22. The molecule has 2 aliphatic carbocycles. The molecule has 0 bridgehead atoms. The van der Waals surface area contributed by atoms with Gasteiger partial charge in [-0.2, -0.15) is 0 Å². The summed E-state index contributed by atoms with van der Waals surface area (Å²) < 4.78 is 0. The van der Waals surface area contributed by atoms with Gasteiger partial charge in [-0.1, -0.05) is 6.07 Å². The van der Waals surface area contributed by atoms with Crippen molar-refractivity contribution >= 4 is 11.6 Å². The first kappa shape index (κ1) is 12.6. The van der Waals surface area contributed by atoms with Gasteiger partial charge in [0.25, 0.3) is 0 Å². The fourth-order valence-corrected chi connectivity index (χ4v) is 3.97. The van der Waals surface area contributed by atoms with Gasteiger partial charge in [-0.25, -0.2) is 0 Å². The minimum atomic E-state index is 0.112. The van der Waals surface area contributed by atoms with Gasteiger partial charge in [0.15, 0.2) is 0 Å². The maximum atomic E-state index is 11.7. The van der Waals surface area contributed by atoms with E-state index in [4.69, 9.17) is 0 Å². The Labute approximate surface area is 114 Å². The lowest BCUT2D eigenvalue weighted by Gasteiger charge is -2.25. The molecule has 0 heterocycles. The van der Waals surface area contributed by atoms with Gasteiger partial charge in [0.2, 0.25) is 0 Å². The summed E-state index contributed by atoms with van der Waals surface area (Å²) in [6, 6.07) is 2.29. The van der Waals surface area contributed by atoms with Crippen LogP contribution < -0.4 is 0 Å². The Hall–Kier alpha value is -1.44. The predicted octanol–water partition coefficient (Wildman–Crippen LogP) is 3.20. The fourth-order valence-electron chi connectivity index (χ4n) is 3.97. The minimum absolute atomic E-state index is 0.112. The van der Waals surface area contributed by atoms with Gasteiger partial charge in [0.1, 0.15) is 11.6 Å². The van der Waals surface area contributed by atoms with Gasteiger partial charge < -0.3 is 0 Å². The van der Waals surface area contributed by atoms with Crippen LogP contribution in [0.4, 0.5) is 0 Å². The molecule has 100 valence electrons. The monoisotopic (exact) mass is 256 g/mol. The van der Waals surface area contributed by atoms with Crippen molar-refractivity contribution in [1.29, 1.82) is 0 Å². The van der Waals surface area contributed by atoms with Crippen molar-refractivity contribution in [3.8, 4) is 0 Å². The van der Waals surface area contributed by atoms with E-state index in [1.54, 1.807) is 0 Å². The summed E-state index contributed by atoms with van der Waals surface area (Å²) in [7, 11) is 0. The molecular formula is C17H20O2. The zero-order valence-electron chi connectivity index (χ0n) is 11.7. The first-order valence-electron chi connectivity index (χ1n) is 7.21. The number of hydrogen-bond acceptors (Lipinski definition) is 2. The van der Waals surface area contributed by atoms with Crippen LogP contribution in [0.15, 0.2) is 6.07 Å². The highest BCUT2D eigenvalue weighted by molar-refractivity contribution is 6.02. The van der Waals surface area contributed by atoms with Crippen molar-refractivity contribution in [3.05, 3.63) is 33.9 Å². The average molecular weight is 256 g/mol. The number of fused-ring (bicyclic) bond motifs is 1. The summed E-state index contributed by atoms with van der Waals surface area (Å²) in [6.45, 7) is 4.31. The van der Waals surface area contributed by atoms with E-state index in [2.05, 4.69) is 19.9 Å². The van der Waals surface area contributed by atoms with E-state index in [0.717, 1.165) is 6.42 Å². The van der Waals surface area contributed by atoms with Crippen LogP contribution in [0.1, 0.15) is 59.4 Å². The molecule has 1 aromatic rings. The SMILES string of the molecule is Cc1cc2c(c(C)c1C1CC(=O)CC(=O)C1)CCC2. The highest BCUT2D eigenvalue weighted by atomic mass is 16.1. The van der Waals surface area contributed by atoms with Crippen LogP contribution in [-0.2, 0) is 22.4 Å². The van der Waals surface area contributed by atoms with E-state index in [9.17, 15) is 9.59 Å². The molecule has 1 fully saturated rings. The van der Waals surface area contributed by atoms with Crippen molar-refractivity contribution in [2.24, 2.45) is 0 Å². The van der Waals surface area contributed by atoms with E-state index < -0.39 is 0 Å². The molecule has 0 N–H and O–H groups in total. The number of benzene rings is 1. The molecule has 0 radical (unpaired) electrons. The van der Waals surface area contributed by atoms with E-state index in [-0.39, 0.29) is 23.9 Å². The standard InChI is InChI=1S/C17H20O2/c1-10-6-12-4-3-5-16(12)11(2)17(10)13-7-14(18)9-15(19)8-13/h6,13H,3-5,7-9H2,1-2H3. The molecule has 2 aliphatic rings. The van der Waals surface area contributed by atoms with Crippen LogP contribution in [0, 0.1) is 13.8 Å². The van der Waals surface area contributed by atoms with Crippen LogP contribution in [0.25, 0.3) is 0 Å². The Morgan fingerprint density at radius 1 is 1.05 bits per heavy atom. The Morgan fingerprint density at radius 3 is 2.42 bits per heavy atom. The fraction of sp³-hybridized carbons (Fsp3) is 0.529. The largest absolute Gasteiger partial charge is 0.299 e. The quantitative estimate of drug-likeness (QED) is 0.723. The topological polar surface area (TPSA) is 34.1 Å². The first-order valence-corrected chi connectivity index (χ1v) is 7.21. The molecule has 19 heavy (non-hydrogen) atoms. The molecule has 0 saturated heterocycles. The normalized spacial score (nSPS) is 19.9. The molecule has 0 unspecified atom stereocenters. The molecular weight excluding hydrogens is 236 g/mol. The molecule has 1 aromatic carbocycles. The highest BCUT2D eigenvalue weighted by Crippen LogP contribution is 2.38. The highest BCUT2D eigenvalue weighted by Gasteiger charge is 2.30. The Morgan fingerprint density at radius 2 is 1.74 bits per heavy atom. The van der Waals surface area contributed by atoms with E-state index in [1.807, 2.05) is 0 Å². The number of carbonyl (C=O) groups excluding carboxylic acids is 2. The van der Waals surface area contributed by atoms with Crippen molar-refractivity contribution in [2.75, 3.05) is 0 Å². The Balaban J connectivity index is 2.05. The maximum absolute atomic E-state index is 11.7. The molecule has 0 atom stereocenters. The zero-order chi connectivity index (χ0) is 13.6. The van der Waals surface area contributed by atoms with Gasteiger partial charge in [-0.15, -0.1) is 0 Å². The summed E-state index contributed by atoms with van der Waals surface area (Å²) in [5.74, 6) is 0.348. The Kier molecular flexibility index (Phi) is 3.04. The number of ketones is 2. The second-order valence-electron chi connectivity index (χ2n) is 6.08. The van der Waals surface area contributed by atoms with E-state index >= 15 is 0 Å². The molecule has 3 rings (SSSR count). The summed E-state index contributed by atoms with van der Waals surface area (Å²) in [6.07, 6.45) is 4.82. The van der Waals surface area contributed by atoms with Crippen LogP contribution >= 0.6 is 0 Å². The molecule has 0 aromatic heterocycles. The van der Waals surface area contributed by atoms with Crippen LogP contribution in [0.5, 0.6) is 0 Å². The van der Waals surface area contributed by atoms with E-state index in [0.29, 0.717) is 12.8 Å². The third-order valence-corrected chi connectivity index (χ3v) is 4.68. The third kappa shape index (κ3) is 2.13. The smallest absolute Gasteiger partial charge is 0.140 e. The van der Waals surface area contributed by atoms with Crippen LogP contribution in [0.2, 0.25) is 0 Å². The zero-order valence-corrected chi connectivity index (χ0v) is 11.7. The van der Waals surface area contributed by atoms with Gasteiger partial charge in [-0.05, 0) is 66.8 Å². The number of rotatable bonds is 1. The average Bonchev–Trinajstić information content (AvgIpc) is 2.75. The van der Waals surface area contributed by atoms with Crippen LogP contribution in [0.3, 0.4) is 0 Å². The second kappa shape index (κ2) is 4.59. The molecule has 0 spiro atoms. The summed E-state index contributed by atoms with van der Waals surface area (Å²) >= 11 is 0. The van der Waals surface area contributed by atoms with Crippen LogP contribution in [-0.4, -0.2) is 11.6 Å². The lowest BCUT2D eigenvalue weighted by atomic mass is 9.78. The minimum Gasteiger partial charge on any atom is -0.299 e. The van der Waals surface area contributed by atoms with E-state index in [1.165, 1.54) is 40.7 Å². The van der Waals surface area contributed by atoms with Crippen molar-refractivity contribution < 1.29 is 9.59 Å². The van der Waals surface area contributed by atoms with Crippen molar-refractivity contribution in [2.45, 2.75) is 58.3 Å². The molecule has 0 amide bonds. The maximum Gasteiger partial charge on any atom is 0.140 e. The number of Topliss-reactive ketones (excluding diaryl/α,β-unsaturated/α-hetero) is 2. The molecule has 0 aliphatic heterocycles. The summed E-state index contributed by atoms with van der Waals surface area (Å²) in [5.41, 5.74) is 6.85. The summed E-state index contributed by atoms with van der Waals surface area (Å²) in [4.78, 5) is 23.4. The van der Waals surface area contributed by atoms with Crippen molar-refractivity contribution in [1.82, 2.24) is 0 Å². The lowest BCUT2D eigenvalue weighted by molar-refractivity contribution is -0.130. The van der Waals surface area contributed by atoms with Gasteiger partial charge in [0, 0.05) is 12.8 Å². The summed E-state index contributed by atoms with van der Waals surface area (Å²) in [5, 5.41) is 0. The first-order chi connectivity index (χ1) is 9.06. The Bertz CT molecular complexity index is 553. The van der Waals surface area contributed by atoms with Crippen molar-refractivity contribution in [3.63, 3.8) is 0 Å². The van der Waals surface area contributed by atoms with Gasteiger partial charge in [0.05, 0.1) is 6.42 Å². The molecule has 2 heteroatoms. The predicted molar refractivity (Wildman–Crippen MR) is 74.5 cm³/mol. The number of carbonyl (C=O) groups is 2.